The summed E-state index contributed by atoms with van der Waals surface area (Å²) in [5.41, 5.74) is 3.25. The van der Waals surface area contributed by atoms with Crippen LogP contribution in [0.3, 0.4) is 0 Å². The van der Waals surface area contributed by atoms with Gasteiger partial charge in [0.05, 0.1) is 11.4 Å². The number of nitrogens with one attached hydrogen (secondary N) is 1. The van der Waals surface area contributed by atoms with Gasteiger partial charge in [0.25, 0.3) is 0 Å². The summed E-state index contributed by atoms with van der Waals surface area (Å²) < 4.78 is 0. The summed E-state index contributed by atoms with van der Waals surface area (Å²) in [4.78, 5) is 8.61. The normalized spacial score (nSPS) is 12.3. The van der Waals surface area contributed by atoms with Crippen molar-refractivity contribution in [2.75, 3.05) is 0 Å². The zero-order valence-electron chi connectivity index (χ0n) is 10.9. The van der Waals surface area contributed by atoms with Gasteiger partial charge in [0, 0.05) is 25.0 Å². The lowest BCUT2D eigenvalue weighted by atomic mass is 10.0. The number of nitrogens with zero attached hydrogens (tertiary/aromatic N) is 2. The second-order valence-corrected chi connectivity index (χ2v) is 4.40. The molecule has 0 saturated carbocycles. The number of rotatable bonds is 5. The summed E-state index contributed by atoms with van der Waals surface area (Å²) in [7, 11) is 0. The topological polar surface area (TPSA) is 37.8 Å². The van der Waals surface area contributed by atoms with Crippen LogP contribution in [0.25, 0.3) is 0 Å². The van der Waals surface area contributed by atoms with E-state index in [-0.39, 0.29) is 0 Å². The van der Waals surface area contributed by atoms with Crippen LogP contribution in [-0.2, 0) is 6.54 Å². The van der Waals surface area contributed by atoms with Gasteiger partial charge < -0.3 is 5.32 Å². The van der Waals surface area contributed by atoms with Crippen LogP contribution >= 0.6 is 0 Å². The lowest BCUT2D eigenvalue weighted by Gasteiger charge is -2.17. The van der Waals surface area contributed by atoms with Crippen LogP contribution in [0.4, 0.5) is 0 Å². The molecular weight excluding hydrogens is 222 g/mol. The minimum Gasteiger partial charge on any atom is -0.304 e. The molecule has 3 heteroatoms. The molecule has 3 nitrogen and oxygen atoms in total. The van der Waals surface area contributed by atoms with Crippen molar-refractivity contribution in [3.63, 3.8) is 0 Å². The summed E-state index contributed by atoms with van der Waals surface area (Å²) in [6.07, 6.45) is 4.70. The lowest BCUT2D eigenvalue weighted by Crippen LogP contribution is -2.20. The molecule has 1 aromatic heterocycles. The van der Waals surface area contributed by atoms with Gasteiger partial charge in [-0.1, -0.05) is 37.3 Å². The molecule has 0 saturated heterocycles. The van der Waals surface area contributed by atoms with Gasteiger partial charge in [-0.25, -0.2) is 0 Å². The monoisotopic (exact) mass is 241 g/mol. The van der Waals surface area contributed by atoms with E-state index in [1.54, 1.807) is 6.20 Å². The van der Waals surface area contributed by atoms with Gasteiger partial charge in [-0.05, 0) is 18.9 Å². The van der Waals surface area contributed by atoms with Crippen LogP contribution in [0, 0.1) is 6.92 Å². The van der Waals surface area contributed by atoms with E-state index in [0.29, 0.717) is 6.04 Å². The summed E-state index contributed by atoms with van der Waals surface area (Å²) in [5.74, 6) is 0. The molecule has 1 N–H and O–H groups in total. The summed E-state index contributed by atoms with van der Waals surface area (Å²) in [6, 6.07) is 10.9. The van der Waals surface area contributed by atoms with Gasteiger partial charge in [0.1, 0.15) is 0 Å². The van der Waals surface area contributed by atoms with E-state index in [9.17, 15) is 0 Å². The van der Waals surface area contributed by atoms with Crippen molar-refractivity contribution in [3.05, 3.63) is 59.7 Å². The Bertz CT molecular complexity index is 465. The first-order valence-electron chi connectivity index (χ1n) is 6.35. The minimum absolute atomic E-state index is 0.370. The van der Waals surface area contributed by atoms with Crippen molar-refractivity contribution in [3.8, 4) is 0 Å². The van der Waals surface area contributed by atoms with E-state index >= 15 is 0 Å². The molecule has 0 radical (unpaired) electrons. The largest absolute Gasteiger partial charge is 0.304 e. The maximum absolute atomic E-state index is 4.35. The highest BCUT2D eigenvalue weighted by Gasteiger charge is 2.08. The zero-order valence-corrected chi connectivity index (χ0v) is 10.9. The van der Waals surface area contributed by atoms with Crippen molar-refractivity contribution >= 4 is 0 Å². The van der Waals surface area contributed by atoms with Crippen LogP contribution in [0.2, 0.25) is 0 Å². The van der Waals surface area contributed by atoms with Crippen LogP contribution in [0.15, 0.2) is 42.7 Å². The van der Waals surface area contributed by atoms with Crippen molar-refractivity contribution in [1.82, 2.24) is 15.3 Å². The van der Waals surface area contributed by atoms with Gasteiger partial charge in [0.15, 0.2) is 0 Å². The number of benzene rings is 1. The Labute approximate surface area is 108 Å². The van der Waals surface area contributed by atoms with E-state index in [1.807, 2.05) is 19.2 Å². The van der Waals surface area contributed by atoms with Crippen molar-refractivity contribution in [2.45, 2.75) is 32.9 Å². The number of aromatic nitrogens is 2. The molecule has 0 aliphatic heterocycles. The smallest absolute Gasteiger partial charge is 0.0724 e. The summed E-state index contributed by atoms with van der Waals surface area (Å²) >= 11 is 0. The summed E-state index contributed by atoms with van der Waals surface area (Å²) in [6.45, 7) is 4.88. The highest BCUT2D eigenvalue weighted by atomic mass is 14.9. The third-order valence-corrected chi connectivity index (χ3v) is 2.97. The molecule has 0 aliphatic carbocycles. The molecule has 0 bridgehead atoms. The first kappa shape index (κ1) is 12.7. The highest BCUT2D eigenvalue weighted by molar-refractivity contribution is 5.18. The van der Waals surface area contributed by atoms with Gasteiger partial charge >= 0.3 is 0 Å². The van der Waals surface area contributed by atoms with E-state index in [4.69, 9.17) is 0 Å². The third kappa shape index (κ3) is 3.37. The standard InChI is InChI=1S/C15H19N3/c1-3-15(13-7-5-4-6-8-13)18-11-14-10-16-12(2)9-17-14/h4-10,15,18H,3,11H2,1-2H3. The highest BCUT2D eigenvalue weighted by Crippen LogP contribution is 2.16. The third-order valence-electron chi connectivity index (χ3n) is 2.97. The zero-order chi connectivity index (χ0) is 12.8. The molecule has 2 aromatic rings. The maximum Gasteiger partial charge on any atom is 0.0724 e. The molecule has 0 fully saturated rings. The van der Waals surface area contributed by atoms with Gasteiger partial charge in [0.2, 0.25) is 0 Å². The molecule has 1 unspecified atom stereocenters. The predicted octanol–water partition coefficient (Wildman–Crippen LogP) is 3.03. The van der Waals surface area contributed by atoms with E-state index in [2.05, 4.69) is 46.5 Å². The first-order valence-corrected chi connectivity index (χ1v) is 6.35. The van der Waals surface area contributed by atoms with Gasteiger partial charge in [-0.15, -0.1) is 0 Å². The molecular formula is C15H19N3. The SMILES string of the molecule is CCC(NCc1cnc(C)cn1)c1ccccc1. The summed E-state index contributed by atoms with van der Waals surface area (Å²) in [5, 5.41) is 3.52. The molecule has 0 aliphatic rings. The predicted molar refractivity (Wildman–Crippen MR) is 73.1 cm³/mol. The van der Waals surface area contributed by atoms with Crippen LogP contribution in [0.1, 0.15) is 36.3 Å². The molecule has 2 rings (SSSR count). The molecule has 94 valence electrons. The lowest BCUT2D eigenvalue weighted by molar-refractivity contribution is 0.513. The fourth-order valence-electron chi connectivity index (χ4n) is 1.92. The maximum atomic E-state index is 4.35. The Morgan fingerprint density at radius 2 is 1.89 bits per heavy atom. The van der Waals surface area contributed by atoms with E-state index < -0.39 is 0 Å². The van der Waals surface area contributed by atoms with E-state index in [1.165, 1.54) is 5.56 Å². The molecule has 1 aromatic carbocycles. The molecule has 1 heterocycles. The Hall–Kier alpha value is -1.74. The fourth-order valence-corrected chi connectivity index (χ4v) is 1.92. The fraction of sp³-hybridized carbons (Fsp3) is 0.333. The Kier molecular flexibility index (Phi) is 4.42. The van der Waals surface area contributed by atoms with Crippen LogP contribution in [0.5, 0.6) is 0 Å². The molecule has 1 atom stereocenters. The van der Waals surface area contributed by atoms with Gasteiger partial charge in [-0.2, -0.15) is 0 Å². The quantitative estimate of drug-likeness (QED) is 0.874. The second kappa shape index (κ2) is 6.26. The number of hydrogen-bond acceptors (Lipinski definition) is 3. The van der Waals surface area contributed by atoms with E-state index in [0.717, 1.165) is 24.4 Å². The Balaban J connectivity index is 1.97. The second-order valence-electron chi connectivity index (χ2n) is 4.40. The molecule has 0 spiro atoms. The number of hydrogen-bond donors (Lipinski definition) is 1. The van der Waals surface area contributed by atoms with Crippen molar-refractivity contribution in [2.24, 2.45) is 0 Å². The van der Waals surface area contributed by atoms with Gasteiger partial charge in [-0.3, -0.25) is 9.97 Å². The van der Waals surface area contributed by atoms with Crippen molar-refractivity contribution < 1.29 is 0 Å². The Morgan fingerprint density at radius 1 is 1.11 bits per heavy atom. The number of aryl methyl sites for hydroxylation is 1. The van der Waals surface area contributed by atoms with Crippen molar-refractivity contribution in [1.29, 1.82) is 0 Å². The average molecular weight is 241 g/mol. The molecule has 18 heavy (non-hydrogen) atoms. The average Bonchev–Trinajstić information content (AvgIpc) is 2.43. The van der Waals surface area contributed by atoms with Crippen LogP contribution in [-0.4, -0.2) is 9.97 Å². The Morgan fingerprint density at radius 3 is 2.50 bits per heavy atom. The van der Waals surface area contributed by atoms with Crippen LogP contribution < -0.4 is 5.32 Å². The molecule has 0 amide bonds. The first-order chi connectivity index (χ1) is 8.79. The minimum atomic E-state index is 0.370.